The van der Waals surface area contributed by atoms with Crippen LogP contribution in [0.5, 0.6) is 0 Å². The first-order valence-corrected chi connectivity index (χ1v) is 6.21. The van der Waals surface area contributed by atoms with Crippen molar-refractivity contribution < 1.29 is 0 Å². The molecule has 0 aliphatic heterocycles. The van der Waals surface area contributed by atoms with Gasteiger partial charge < -0.3 is 0 Å². The molecule has 0 spiro atoms. The van der Waals surface area contributed by atoms with Crippen molar-refractivity contribution in [2.45, 2.75) is 44.9 Å². The molecule has 0 bridgehead atoms. The minimum Gasteiger partial charge on any atom is -0.123 e. The Morgan fingerprint density at radius 1 is 1.47 bits per heavy atom. The van der Waals surface area contributed by atoms with Crippen LogP contribution in [0, 0.1) is 12.3 Å². The van der Waals surface area contributed by atoms with Gasteiger partial charge in [0.1, 0.15) is 0 Å². The van der Waals surface area contributed by atoms with E-state index in [1.54, 1.807) is 0 Å². The second-order valence-corrected chi connectivity index (χ2v) is 5.93. The van der Waals surface area contributed by atoms with Crippen molar-refractivity contribution >= 4 is 11.6 Å². The molecule has 2 atom stereocenters. The Kier molecular flexibility index (Phi) is 3.06. The van der Waals surface area contributed by atoms with Crippen LogP contribution in [0.15, 0.2) is 24.3 Å². The molecule has 15 heavy (non-hydrogen) atoms. The van der Waals surface area contributed by atoms with E-state index in [-0.39, 0.29) is 0 Å². The molecule has 0 aromatic heterocycles. The van der Waals surface area contributed by atoms with Gasteiger partial charge in [0, 0.05) is 5.38 Å². The quantitative estimate of drug-likeness (QED) is 0.654. The summed E-state index contributed by atoms with van der Waals surface area (Å²) in [6, 6.07) is 8.85. The fourth-order valence-electron chi connectivity index (χ4n) is 2.72. The lowest BCUT2D eigenvalue weighted by Crippen LogP contribution is -2.15. The van der Waals surface area contributed by atoms with Crippen LogP contribution in [0.25, 0.3) is 0 Å². The minimum atomic E-state index is 0.403. The van der Waals surface area contributed by atoms with Gasteiger partial charge in [0.25, 0.3) is 0 Å². The van der Waals surface area contributed by atoms with Gasteiger partial charge in [-0.25, -0.2) is 0 Å². The van der Waals surface area contributed by atoms with Crippen LogP contribution in [0.4, 0.5) is 0 Å². The molecular formula is C14H19Cl. The van der Waals surface area contributed by atoms with Gasteiger partial charge in [-0.1, -0.05) is 36.8 Å². The van der Waals surface area contributed by atoms with Gasteiger partial charge >= 0.3 is 0 Å². The molecule has 2 rings (SSSR count). The Labute approximate surface area is 97.6 Å². The topological polar surface area (TPSA) is 0 Å². The maximum atomic E-state index is 6.19. The number of rotatable bonds is 2. The van der Waals surface area contributed by atoms with Crippen LogP contribution in [0.1, 0.15) is 37.3 Å². The minimum absolute atomic E-state index is 0.403. The summed E-state index contributed by atoms with van der Waals surface area (Å²) in [7, 11) is 0. The number of benzene rings is 1. The van der Waals surface area contributed by atoms with Crippen molar-refractivity contribution in [2.75, 3.05) is 0 Å². The Balaban J connectivity index is 2.08. The number of hydrogen-bond acceptors (Lipinski definition) is 0. The van der Waals surface area contributed by atoms with E-state index in [2.05, 4.69) is 38.1 Å². The highest BCUT2D eigenvalue weighted by Crippen LogP contribution is 2.42. The van der Waals surface area contributed by atoms with E-state index < -0.39 is 0 Å². The lowest BCUT2D eigenvalue weighted by molar-refractivity contribution is 0.335. The molecule has 0 amide bonds. The number of hydrogen-bond donors (Lipinski definition) is 0. The van der Waals surface area contributed by atoms with E-state index in [1.165, 1.54) is 36.8 Å². The standard InChI is InChI=1S/C14H19Cl/c1-11-4-3-5-12(8-11)9-14(2)7-6-13(15)10-14/h3-5,8,13H,6-7,9-10H2,1-2H3. The highest BCUT2D eigenvalue weighted by molar-refractivity contribution is 6.20. The van der Waals surface area contributed by atoms with E-state index >= 15 is 0 Å². The first-order chi connectivity index (χ1) is 7.07. The lowest BCUT2D eigenvalue weighted by Gasteiger charge is -2.23. The Bertz CT molecular complexity index is 345. The number of alkyl halides is 1. The average Bonchev–Trinajstić information content (AvgIpc) is 2.45. The zero-order valence-electron chi connectivity index (χ0n) is 9.59. The van der Waals surface area contributed by atoms with Gasteiger partial charge in [0.15, 0.2) is 0 Å². The maximum absolute atomic E-state index is 6.19. The summed E-state index contributed by atoms with van der Waals surface area (Å²) < 4.78 is 0. The molecular weight excluding hydrogens is 204 g/mol. The third-order valence-electron chi connectivity index (χ3n) is 3.49. The van der Waals surface area contributed by atoms with Crippen LogP contribution < -0.4 is 0 Å². The van der Waals surface area contributed by atoms with Gasteiger partial charge in [-0.2, -0.15) is 0 Å². The molecule has 0 saturated heterocycles. The highest BCUT2D eigenvalue weighted by atomic mass is 35.5. The van der Waals surface area contributed by atoms with E-state index in [0.717, 1.165) is 0 Å². The molecule has 1 aliphatic rings. The zero-order valence-corrected chi connectivity index (χ0v) is 10.3. The van der Waals surface area contributed by atoms with Crippen molar-refractivity contribution in [3.63, 3.8) is 0 Å². The fraction of sp³-hybridized carbons (Fsp3) is 0.571. The predicted molar refractivity (Wildman–Crippen MR) is 66.5 cm³/mol. The van der Waals surface area contributed by atoms with Gasteiger partial charge in [0.2, 0.25) is 0 Å². The van der Waals surface area contributed by atoms with E-state index in [1.807, 2.05) is 0 Å². The van der Waals surface area contributed by atoms with Gasteiger partial charge in [-0.15, -0.1) is 11.6 Å². The van der Waals surface area contributed by atoms with Crippen molar-refractivity contribution in [3.8, 4) is 0 Å². The van der Waals surface area contributed by atoms with E-state index in [0.29, 0.717) is 10.8 Å². The molecule has 0 N–H and O–H groups in total. The predicted octanol–water partition coefficient (Wildman–Crippen LogP) is 4.34. The maximum Gasteiger partial charge on any atom is 0.0341 e. The summed E-state index contributed by atoms with van der Waals surface area (Å²) in [6.45, 7) is 4.53. The summed E-state index contributed by atoms with van der Waals surface area (Å²) in [5.74, 6) is 0. The first kappa shape index (κ1) is 11.0. The molecule has 1 saturated carbocycles. The molecule has 1 aromatic rings. The van der Waals surface area contributed by atoms with Crippen molar-refractivity contribution in [1.82, 2.24) is 0 Å². The molecule has 82 valence electrons. The molecule has 1 fully saturated rings. The monoisotopic (exact) mass is 222 g/mol. The fourth-order valence-corrected chi connectivity index (χ4v) is 3.20. The number of aryl methyl sites for hydroxylation is 1. The molecule has 2 unspecified atom stereocenters. The normalized spacial score (nSPS) is 30.7. The largest absolute Gasteiger partial charge is 0.123 e. The third-order valence-corrected chi connectivity index (χ3v) is 3.86. The van der Waals surface area contributed by atoms with Crippen LogP contribution >= 0.6 is 11.6 Å². The summed E-state index contributed by atoms with van der Waals surface area (Å²) >= 11 is 6.19. The average molecular weight is 223 g/mol. The zero-order chi connectivity index (χ0) is 10.9. The molecule has 1 aromatic carbocycles. The van der Waals surface area contributed by atoms with Gasteiger partial charge in [-0.05, 0) is 43.6 Å². The van der Waals surface area contributed by atoms with Gasteiger partial charge in [-0.3, -0.25) is 0 Å². The first-order valence-electron chi connectivity index (χ1n) is 5.77. The Morgan fingerprint density at radius 2 is 2.27 bits per heavy atom. The second-order valence-electron chi connectivity index (χ2n) is 5.32. The smallest absolute Gasteiger partial charge is 0.0341 e. The molecule has 1 aliphatic carbocycles. The van der Waals surface area contributed by atoms with Crippen LogP contribution in [-0.2, 0) is 6.42 Å². The van der Waals surface area contributed by atoms with Crippen LogP contribution in [0.2, 0.25) is 0 Å². The van der Waals surface area contributed by atoms with E-state index in [9.17, 15) is 0 Å². The van der Waals surface area contributed by atoms with Crippen molar-refractivity contribution in [1.29, 1.82) is 0 Å². The number of halogens is 1. The summed E-state index contributed by atoms with van der Waals surface area (Å²) in [6.07, 6.45) is 4.80. The van der Waals surface area contributed by atoms with Gasteiger partial charge in [0.05, 0.1) is 0 Å². The summed E-state index contributed by atoms with van der Waals surface area (Å²) in [5, 5.41) is 0.403. The molecule has 0 heterocycles. The Morgan fingerprint density at radius 3 is 2.87 bits per heavy atom. The van der Waals surface area contributed by atoms with Crippen LogP contribution in [0.3, 0.4) is 0 Å². The molecule has 1 heteroatoms. The molecule has 0 nitrogen and oxygen atoms in total. The second kappa shape index (κ2) is 4.17. The van der Waals surface area contributed by atoms with Crippen molar-refractivity contribution in [2.24, 2.45) is 5.41 Å². The lowest BCUT2D eigenvalue weighted by atomic mass is 9.82. The highest BCUT2D eigenvalue weighted by Gasteiger charge is 2.33. The summed E-state index contributed by atoms with van der Waals surface area (Å²) in [5.41, 5.74) is 3.25. The third kappa shape index (κ3) is 2.75. The van der Waals surface area contributed by atoms with E-state index in [4.69, 9.17) is 11.6 Å². The SMILES string of the molecule is Cc1cccc(CC2(C)CCC(Cl)C2)c1. The molecule has 0 radical (unpaired) electrons. The summed E-state index contributed by atoms with van der Waals surface area (Å²) in [4.78, 5) is 0. The Hall–Kier alpha value is -0.490. The van der Waals surface area contributed by atoms with Crippen LogP contribution in [-0.4, -0.2) is 5.38 Å². The van der Waals surface area contributed by atoms with Crippen molar-refractivity contribution in [3.05, 3.63) is 35.4 Å².